The van der Waals surface area contributed by atoms with Crippen LogP contribution >= 0.6 is 12.2 Å². The van der Waals surface area contributed by atoms with Crippen LogP contribution in [0.4, 0.5) is 4.39 Å². The Labute approximate surface area is 158 Å². The first-order valence-corrected chi connectivity index (χ1v) is 8.12. The number of aliphatic imine (C=N–C) groups is 1. The molecule has 0 fully saturated rings. The Morgan fingerprint density at radius 2 is 2.07 bits per heavy atom. The monoisotopic (exact) mass is 393 g/mol. The topological polar surface area (TPSA) is 103 Å². The van der Waals surface area contributed by atoms with Crippen molar-refractivity contribution in [2.24, 2.45) is 4.99 Å². The summed E-state index contributed by atoms with van der Waals surface area (Å²) < 4.78 is 25.4. The number of amides is 1. The van der Waals surface area contributed by atoms with Crippen molar-refractivity contribution in [3.63, 3.8) is 0 Å². The highest BCUT2D eigenvalue weighted by Gasteiger charge is 2.15. The summed E-state index contributed by atoms with van der Waals surface area (Å²) in [6.45, 7) is 4.13. The fourth-order valence-corrected chi connectivity index (χ4v) is 2.51. The summed E-state index contributed by atoms with van der Waals surface area (Å²) in [5.41, 5.74) is -0.157. The fourth-order valence-electron chi connectivity index (χ4n) is 2.25. The largest absolute Gasteiger partial charge is 0.489 e. The maximum absolute atomic E-state index is 13.8. The van der Waals surface area contributed by atoms with Crippen LogP contribution in [0.3, 0.4) is 0 Å². The quantitative estimate of drug-likeness (QED) is 0.333. The second-order valence-electron chi connectivity index (χ2n) is 5.29. The number of carbonyl (C=O) groups excluding carboxylic acids is 2. The van der Waals surface area contributed by atoms with Crippen molar-refractivity contribution in [3.05, 3.63) is 45.2 Å². The summed E-state index contributed by atoms with van der Waals surface area (Å²) in [7, 11) is 0. The number of ether oxygens (including phenoxy) is 2. The third-order valence-corrected chi connectivity index (χ3v) is 3.69. The van der Waals surface area contributed by atoms with Crippen LogP contribution in [-0.4, -0.2) is 41.4 Å². The van der Waals surface area contributed by atoms with Gasteiger partial charge in [-0.1, -0.05) is 0 Å². The van der Waals surface area contributed by atoms with Gasteiger partial charge < -0.3 is 14.0 Å². The van der Waals surface area contributed by atoms with E-state index in [2.05, 4.69) is 16.7 Å². The van der Waals surface area contributed by atoms with Gasteiger partial charge in [0.1, 0.15) is 31.3 Å². The molecule has 1 N–H and O–H groups in total. The van der Waals surface area contributed by atoms with E-state index in [1.165, 1.54) is 29.7 Å². The van der Waals surface area contributed by atoms with Gasteiger partial charge in [-0.3, -0.25) is 19.4 Å². The maximum Gasteiger partial charge on any atom is 0.302 e. The number of rotatable bonds is 7. The Bertz CT molecular complexity index is 999. The smallest absolute Gasteiger partial charge is 0.302 e. The van der Waals surface area contributed by atoms with E-state index in [1.807, 2.05) is 0 Å². The first-order chi connectivity index (χ1) is 12.8. The highest BCUT2D eigenvalue weighted by molar-refractivity contribution is 7.71. The van der Waals surface area contributed by atoms with Crippen LogP contribution in [0, 0.1) is 10.6 Å². The highest BCUT2D eigenvalue weighted by atomic mass is 32.1. The van der Waals surface area contributed by atoms with Gasteiger partial charge in [0.2, 0.25) is 0 Å². The molecule has 0 radical (unpaired) electrons. The van der Waals surface area contributed by atoms with Crippen LogP contribution in [0.2, 0.25) is 0 Å². The van der Waals surface area contributed by atoms with Gasteiger partial charge in [-0.05, 0) is 37.1 Å². The Kier molecular flexibility index (Phi) is 6.72. The molecule has 1 aromatic heterocycles. The van der Waals surface area contributed by atoms with Crippen molar-refractivity contribution in [2.45, 2.75) is 13.5 Å². The average Bonchev–Trinajstić information content (AvgIpc) is 2.61. The Hall–Kier alpha value is -3.14. The van der Waals surface area contributed by atoms with Gasteiger partial charge in [-0.25, -0.2) is 9.38 Å². The SMILES string of the molecule is C=NC(=O)Cn1c(-c2cc(F)ccc2OCCOC(C)=O)cc(=O)[nH]c1=S. The van der Waals surface area contributed by atoms with Crippen molar-refractivity contribution in [3.8, 4) is 17.0 Å². The van der Waals surface area contributed by atoms with E-state index >= 15 is 0 Å². The lowest BCUT2D eigenvalue weighted by Crippen LogP contribution is -2.18. The second-order valence-corrected chi connectivity index (χ2v) is 5.68. The minimum atomic E-state index is -0.590. The van der Waals surface area contributed by atoms with E-state index in [4.69, 9.17) is 21.7 Å². The molecule has 0 saturated carbocycles. The number of aromatic amines is 1. The molecular formula is C17H16FN3O5S. The number of benzene rings is 1. The summed E-state index contributed by atoms with van der Waals surface area (Å²) in [6, 6.07) is 4.85. The van der Waals surface area contributed by atoms with Crippen molar-refractivity contribution in [1.82, 2.24) is 9.55 Å². The molecule has 0 aliphatic heterocycles. The second kappa shape index (κ2) is 8.99. The average molecular weight is 393 g/mol. The Balaban J connectivity index is 2.50. The van der Waals surface area contributed by atoms with Gasteiger partial charge >= 0.3 is 5.97 Å². The Morgan fingerprint density at radius 3 is 2.74 bits per heavy atom. The third-order valence-electron chi connectivity index (χ3n) is 3.37. The number of nitrogens with one attached hydrogen (secondary N) is 1. The van der Waals surface area contributed by atoms with Crippen LogP contribution in [0.1, 0.15) is 6.92 Å². The van der Waals surface area contributed by atoms with Crippen LogP contribution in [0.5, 0.6) is 5.75 Å². The molecule has 1 aromatic carbocycles. The molecule has 0 unspecified atom stereocenters. The molecule has 2 rings (SSSR count). The minimum absolute atomic E-state index is 0.00726. The number of esters is 1. The zero-order valence-electron chi connectivity index (χ0n) is 14.4. The van der Waals surface area contributed by atoms with Crippen LogP contribution in [0.25, 0.3) is 11.3 Å². The fraction of sp³-hybridized carbons (Fsp3) is 0.235. The maximum atomic E-state index is 13.8. The zero-order valence-corrected chi connectivity index (χ0v) is 15.2. The zero-order chi connectivity index (χ0) is 20.0. The minimum Gasteiger partial charge on any atom is -0.489 e. The normalized spacial score (nSPS) is 10.3. The van der Waals surface area contributed by atoms with Gasteiger partial charge in [0.15, 0.2) is 4.77 Å². The number of H-pyrrole nitrogens is 1. The molecular weight excluding hydrogens is 377 g/mol. The summed E-state index contributed by atoms with van der Waals surface area (Å²) in [6.07, 6.45) is 0. The van der Waals surface area contributed by atoms with Gasteiger partial charge in [0, 0.05) is 18.6 Å². The van der Waals surface area contributed by atoms with E-state index in [1.54, 1.807) is 0 Å². The van der Waals surface area contributed by atoms with Crippen LogP contribution < -0.4 is 10.3 Å². The van der Waals surface area contributed by atoms with E-state index in [0.717, 1.165) is 6.07 Å². The lowest BCUT2D eigenvalue weighted by molar-refractivity contribution is -0.141. The van der Waals surface area contributed by atoms with Gasteiger partial charge in [-0.15, -0.1) is 0 Å². The molecule has 142 valence electrons. The molecule has 0 spiro atoms. The summed E-state index contributed by atoms with van der Waals surface area (Å²) in [4.78, 5) is 40.1. The molecule has 0 bridgehead atoms. The van der Waals surface area contributed by atoms with Crippen molar-refractivity contribution < 1.29 is 23.5 Å². The van der Waals surface area contributed by atoms with E-state index in [-0.39, 0.29) is 41.5 Å². The summed E-state index contributed by atoms with van der Waals surface area (Å²) >= 11 is 5.11. The van der Waals surface area contributed by atoms with Crippen molar-refractivity contribution in [2.75, 3.05) is 13.2 Å². The molecule has 27 heavy (non-hydrogen) atoms. The molecule has 1 heterocycles. The summed E-state index contributed by atoms with van der Waals surface area (Å²) in [5.74, 6) is -1.41. The van der Waals surface area contributed by atoms with Gasteiger partial charge in [-0.2, -0.15) is 0 Å². The van der Waals surface area contributed by atoms with Crippen molar-refractivity contribution in [1.29, 1.82) is 0 Å². The molecule has 0 saturated heterocycles. The Morgan fingerprint density at radius 1 is 1.33 bits per heavy atom. The van der Waals surface area contributed by atoms with E-state index in [0.29, 0.717) is 0 Å². The van der Waals surface area contributed by atoms with Crippen LogP contribution in [0.15, 0.2) is 34.1 Å². The number of carbonyl (C=O) groups is 2. The highest BCUT2D eigenvalue weighted by Crippen LogP contribution is 2.30. The molecule has 0 atom stereocenters. The molecule has 0 aliphatic rings. The van der Waals surface area contributed by atoms with Gasteiger partial charge in [0.25, 0.3) is 11.5 Å². The lowest BCUT2D eigenvalue weighted by Gasteiger charge is -2.16. The first-order valence-electron chi connectivity index (χ1n) is 7.71. The van der Waals surface area contributed by atoms with Crippen molar-refractivity contribution >= 4 is 30.8 Å². The standard InChI is InChI=1S/C17H16FN3O5S/c1-10(22)25-5-6-26-14-4-3-11(18)7-12(14)13-8-15(23)20-17(27)21(13)9-16(24)19-2/h3-4,7-8H,2,5-6,9H2,1H3,(H,20,23,27). The first kappa shape index (κ1) is 20.2. The molecule has 2 aromatic rings. The van der Waals surface area contributed by atoms with E-state index < -0.39 is 23.3 Å². The lowest BCUT2D eigenvalue weighted by atomic mass is 10.1. The number of halogens is 1. The third kappa shape index (κ3) is 5.42. The summed E-state index contributed by atoms with van der Waals surface area (Å²) in [5, 5.41) is 0. The predicted molar refractivity (Wildman–Crippen MR) is 98.0 cm³/mol. The molecule has 10 heteroatoms. The molecule has 8 nitrogen and oxygen atoms in total. The number of aromatic nitrogens is 2. The predicted octanol–water partition coefficient (Wildman–Crippen LogP) is 1.88. The molecule has 1 amide bonds. The number of nitrogens with zero attached hydrogens (tertiary/aromatic N) is 2. The van der Waals surface area contributed by atoms with Crippen LogP contribution in [-0.2, 0) is 20.9 Å². The number of hydrogen-bond donors (Lipinski definition) is 1. The number of hydrogen-bond acceptors (Lipinski definition) is 6. The molecule has 0 aliphatic carbocycles. The van der Waals surface area contributed by atoms with Gasteiger partial charge in [0.05, 0.1) is 5.69 Å². The van der Waals surface area contributed by atoms with E-state index in [9.17, 15) is 18.8 Å².